The van der Waals surface area contributed by atoms with Gasteiger partial charge in [-0.25, -0.2) is 0 Å². The van der Waals surface area contributed by atoms with Gasteiger partial charge in [-0.1, -0.05) is 15.9 Å². The van der Waals surface area contributed by atoms with E-state index >= 15 is 0 Å². The van der Waals surface area contributed by atoms with Gasteiger partial charge in [-0.15, -0.1) is 24.2 Å². The number of benzene rings is 1. The lowest BCUT2D eigenvalue weighted by molar-refractivity contribution is 0.726. The van der Waals surface area contributed by atoms with E-state index < -0.39 is 0 Å². The smallest absolute Gasteiger partial charge is 0.0178 e. The van der Waals surface area contributed by atoms with Crippen LogP contribution in [0.15, 0.2) is 27.6 Å². The Morgan fingerprint density at radius 2 is 2.23 bits per heavy atom. The van der Waals surface area contributed by atoms with Crippen LogP contribution in [0, 0.1) is 0 Å². The first-order valence-corrected chi connectivity index (χ1v) is 5.70. The summed E-state index contributed by atoms with van der Waals surface area (Å²) in [5.41, 5.74) is 7.25. The molecular weight excluding hydrogens is 270 g/mol. The molecule has 1 aliphatic rings. The summed E-state index contributed by atoms with van der Waals surface area (Å²) in [6.07, 6.45) is 1.02. The molecule has 0 fully saturated rings. The summed E-state index contributed by atoms with van der Waals surface area (Å²) in [5.74, 6) is 1.05. The minimum Gasteiger partial charge on any atom is -0.327 e. The van der Waals surface area contributed by atoms with E-state index in [1.807, 2.05) is 11.8 Å². The largest absolute Gasteiger partial charge is 0.327 e. The first-order chi connectivity index (χ1) is 5.75. The zero-order chi connectivity index (χ0) is 8.55. The van der Waals surface area contributed by atoms with Crippen LogP contribution >= 0.6 is 40.1 Å². The molecule has 1 aliphatic heterocycles. The standard InChI is InChI=1S/C9H10BrNS.ClH/c10-7-1-2-9-6(3-7)4-8(11)5-12-9;/h1-3,8H,4-5,11H2;1H. The Bertz CT molecular complexity index is 306. The Labute approximate surface area is 97.0 Å². The molecule has 1 heterocycles. The van der Waals surface area contributed by atoms with Crippen LogP contribution in [-0.2, 0) is 6.42 Å². The van der Waals surface area contributed by atoms with Crippen molar-refractivity contribution < 1.29 is 0 Å². The van der Waals surface area contributed by atoms with Crippen molar-refractivity contribution in [3.05, 3.63) is 28.2 Å². The zero-order valence-electron chi connectivity index (χ0n) is 7.00. The van der Waals surface area contributed by atoms with Crippen LogP contribution in [0.5, 0.6) is 0 Å². The maximum Gasteiger partial charge on any atom is 0.0178 e. The molecule has 0 aliphatic carbocycles. The lowest BCUT2D eigenvalue weighted by atomic mass is 10.1. The normalized spacial score (nSPS) is 20.3. The summed E-state index contributed by atoms with van der Waals surface area (Å²) in [6.45, 7) is 0. The Balaban J connectivity index is 0.000000845. The van der Waals surface area contributed by atoms with Crippen LogP contribution in [0.4, 0.5) is 0 Å². The first-order valence-electron chi connectivity index (χ1n) is 3.92. The fourth-order valence-corrected chi connectivity index (χ4v) is 2.80. The summed E-state index contributed by atoms with van der Waals surface area (Å²) in [4.78, 5) is 1.39. The number of fused-ring (bicyclic) bond motifs is 1. The van der Waals surface area contributed by atoms with Gasteiger partial charge in [0.2, 0.25) is 0 Å². The maximum atomic E-state index is 5.86. The van der Waals surface area contributed by atoms with Gasteiger partial charge in [0.15, 0.2) is 0 Å². The van der Waals surface area contributed by atoms with Crippen molar-refractivity contribution >= 4 is 40.1 Å². The quantitative estimate of drug-likeness (QED) is 0.791. The number of halogens is 2. The van der Waals surface area contributed by atoms with Crippen molar-refractivity contribution in [2.75, 3.05) is 5.75 Å². The second-order valence-corrected chi connectivity index (χ2v) is 5.00. The summed E-state index contributed by atoms with van der Waals surface area (Å²) >= 11 is 5.32. The van der Waals surface area contributed by atoms with Crippen molar-refractivity contribution in [1.82, 2.24) is 0 Å². The third kappa shape index (κ3) is 2.62. The van der Waals surface area contributed by atoms with Crippen molar-refractivity contribution in [1.29, 1.82) is 0 Å². The first kappa shape index (κ1) is 11.4. The molecule has 72 valence electrons. The third-order valence-electron chi connectivity index (χ3n) is 1.96. The molecule has 4 heteroatoms. The molecule has 0 bridgehead atoms. The van der Waals surface area contributed by atoms with E-state index in [4.69, 9.17) is 5.73 Å². The van der Waals surface area contributed by atoms with E-state index in [1.54, 1.807) is 0 Å². The lowest BCUT2D eigenvalue weighted by Gasteiger charge is -2.20. The zero-order valence-corrected chi connectivity index (χ0v) is 10.2. The van der Waals surface area contributed by atoms with Gasteiger partial charge >= 0.3 is 0 Å². The van der Waals surface area contributed by atoms with E-state index in [9.17, 15) is 0 Å². The SMILES string of the molecule is Cl.NC1CSc2ccc(Br)cc2C1. The number of rotatable bonds is 0. The summed E-state index contributed by atoms with van der Waals surface area (Å²) in [6, 6.07) is 6.75. The Kier molecular flexibility index (Phi) is 4.10. The molecule has 0 radical (unpaired) electrons. The highest BCUT2D eigenvalue weighted by Gasteiger charge is 2.15. The van der Waals surface area contributed by atoms with E-state index in [1.165, 1.54) is 10.5 Å². The predicted molar refractivity (Wildman–Crippen MR) is 63.8 cm³/mol. The van der Waals surface area contributed by atoms with Crippen molar-refractivity contribution in [2.24, 2.45) is 5.73 Å². The van der Waals surface area contributed by atoms with Crippen LogP contribution in [0.3, 0.4) is 0 Å². The highest BCUT2D eigenvalue weighted by atomic mass is 79.9. The average Bonchev–Trinajstić information content (AvgIpc) is 2.03. The van der Waals surface area contributed by atoms with E-state index in [0.29, 0.717) is 6.04 Å². The molecule has 1 aromatic rings. The number of nitrogens with two attached hydrogens (primary N) is 1. The minimum absolute atomic E-state index is 0. The minimum atomic E-state index is 0. The fourth-order valence-electron chi connectivity index (χ4n) is 1.39. The van der Waals surface area contributed by atoms with Crippen molar-refractivity contribution in [3.63, 3.8) is 0 Å². The highest BCUT2D eigenvalue weighted by molar-refractivity contribution is 9.10. The maximum absolute atomic E-state index is 5.86. The molecule has 13 heavy (non-hydrogen) atoms. The molecule has 2 N–H and O–H groups in total. The molecule has 1 unspecified atom stereocenters. The van der Waals surface area contributed by atoms with E-state index in [0.717, 1.165) is 16.6 Å². The third-order valence-corrected chi connectivity index (χ3v) is 3.75. The van der Waals surface area contributed by atoms with Gasteiger partial charge in [-0.2, -0.15) is 0 Å². The van der Waals surface area contributed by atoms with Crippen LogP contribution in [0.25, 0.3) is 0 Å². The molecule has 2 rings (SSSR count). The van der Waals surface area contributed by atoms with Crippen LogP contribution in [0.2, 0.25) is 0 Å². The van der Waals surface area contributed by atoms with Gasteiger partial charge in [0.1, 0.15) is 0 Å². The van der Waals surface area contributed by atoms with Crippen LogP contribution in [0.1, 0.15) is 5.56 Å². The van der Waals surface area contributed by atoms with E-state index in [-0.39, 0.29) is 12.4 Å². The monoisotopic (exact) mass is 279 g/mol. The molecule has 1 atom stereocenters. The highest BCUT2D eigenvalue weighted by Crippen LogP contribution is 2.31. The van der Waals surface area contributed by atoms with Gasteiger partial charge in [0.05, 0.1) is 0 Å². The van der Waals surface area contributed by atoms with Crippen molar-refractivity contribution in [3.8, 4) is 0 Å². The summed E-state index contributed by atoms with van der Waals surface area (Å²) < 4.78 is 1.15. The fraction of sp³-hybridized carbons (Fsp3) is 0.333. The Morgan fingerprint density at radius 1 is 1.46 bits per heavy atom. The van der Waals surface area contributed by atoms with Gasteiger partial charge in [-0.05, 0) is 30.2 Å². The van der Waals surface area contributed by atoms with Crippen LogP contribution in [-0.4, -0.2) is 11.8 Å². The molecule has 0 amide bonds. The second-order valence-electron chi connectivity index (χ2n) is 3.03. The molecule has 0 aromatic heterocycles. The number of thioether (sulfide) groups is 1. The number of hydrogen-bond acceptors (Lipinski definition) is 2. The molecule has 0 spiro atoms. The van der Waals surface area contributed by atoms with Crippen LogP contribution < -0.4 is 5.73 Å². The molecule has 0 saturated heterocycles. The van der Waals surface area contributed by atoms with E-state index in [2.05, 4.69) is 34.1 Å². The Morgan fingerprint density at radius 3 is 3.00 bits per heavy atom. The van der Waals surface area contributed by atoms with Gasteiger partial charge in [0.25, 0.3) is 0 Å². The van der Waals surface area contributed by atoms with Gasteiger partial charge < -0.3 is 5.73 Å². The molecular formula is C9H11BrClNS. The molecule has 1 aromatic carbocycles. The molecule has 0 saturated carbocycles. The van der Waals surface area contributed by atoms with Gasteiger partial charge in [-0.3, -0.25) is 0 Å². The average molecular weight is 281 g/mol. The predicted octanol–water partition coefficient (Wildman–Crippen LogP) is 2.85. The molecule has 1 nitrogen and oxygen atoms in total. The number of hydrogen-bond donors (Lipinski definition) is 1. The van der Waals surface area contributed by atoms with Crippen molar-refractivity contribution in [2.45, 2.75) is 17.4 Å². The summed E-state index contributed by atoms with van der Waals surface area (Å²) in [7, 11) is 0. The second kappa shape index (κ2) is 4.69. The van der Waals surface area contributed by atoms with Gasteiger partial charge in [0, 0.05) is 21.2 Å². The summed E-state index contributed by atoms with van der Waals surface area (Å²) in [5, 5.41) is 0. The Hall–Kier alpha value is 0.300. The topological polar surface area (TPSA) is 26.0 Å². The lowest BCUT2D eigenvalue weighted by Crippen LogP contribution is -2.28.